The summed E-state index contributed by atoms with van der Waals surface area (Å²) in [5.41, 5.74) is 4.37. The fraction of sp³-hybridized carbons (Fsp3) is 0.441. The van der Waals surface area contributed by atoms with Gasteiger partial charge in [-0.15, -0.1) is 0 Å². The number of fused-ring (bicyclic) bond motifs is 1. The molecule has 0 spiro atoms. The van der Waals surface area contributed by atoms with E-state index in [1.807, 2.05) is 56.6 Å². The molecule has 1 atom stereocenters. The third kappa shape index (κ3) is 6.56. The molecular weight excluding hydrogens is 559 g/mol. The minimum absolute atomic E-state index is 0.00806. The minimum atomic E-state index is -0.594. The van der Waals surface area contributed by atoms with Crippen LogP contribution in [0.5, 0.6) is 5.75 Å². The first-order valence-electron chi connectivity index (χ1n) is 15.5. The lowest BCUT2D eigenvalue weighted by Gasteiger charge is -2.40. The van der Waals surface area contributed by atoms with Gasteiger partial charge in [0.25, 0.3) is 0 Å². The molecule has 1 aliphatic heterocycles. The number of rotatable bonds is 11. The van der Waals surface area contributed by atoms with Crippen LogP contribution in [-0.4, -0.2) is 71.0 Å². The number of piperidine rings is 1. The van der Waals surface area contributed by atoms with Crippen molar-refractivity contribution in [3.05, 3.63) is 87.9 Å². The highest BCUT2D eigenvalue weighted by Gasteiger charge is 2.30. The maximum atomic E-state index is 15.1. The smallest absolute Gasteiger partial charge is 0.193 e. The van der Waals surface area contributed by atoms with Crippen LogP contribution in [-0.2, 0) is 13.1 Å². The summed E-state index contributed by atoms with van der Waals surface area (Å²) in [5.74, 6) is 0.380. The molecule has 6 rings (SSSR count). The highest BCUT2D eigenvalue weighted by molar-refractivity contribution is 5.81. The molecule has 1 aliphatic carbocycles. The van der Waals surface area contributed by atoms with Crippen molar-refractivity contribution < 1.29 is 14.2 Å². The standard InChI is InChI=1S/C34H41FN6O3/c1-23-15-24(10-11-36-23)19-40(28-5-4-12-39(22-28)27-8-9-33(37-18-27)38(2)3)20-25-21-41(26-6-7-26)31-17-32(44-14-13-42)30(35)16-29(31)34(25)43/h8-11,15-18,21,26,28,42H,4-7,12-14,19-20,22H2,1-3H3. The van der Waals surface area contributed by atoms with Crippen molar-refractivity contribution in [2.24, 2.45) is 0 Å². The number of anilines is 2. The number of nitrogens with zero attached hydrogens (tertiary/aromatic N) is 6. The van der Waals surface area contributed by atoms with E-state index in [0.717, 1.165) is 61.5 Å². The van der Waals surface area contributed by atoms with Gasteiger partial charge in [0.05, 0.1) is 24.0 Å². The predicted octanol–water partition coefficient (Wildman–Crippen LogP) is 4.68. The number of hydrogen-bond acceptors (Lipinski definition) is 8. The Morgan fingerprint density at radius 2 is 1.93 bits per heavy atom. The maximum absolute atomic E-state index is 15.1. The van der Waals surface area contributed by atoms with Crippen LogP contribution in [0.3, 0.4) is 0 Å². The van der Waals surface area contributed by atoms with E-state index < -0.39 is 5.82 Å². The molecule has 10 heteroatoms. The molecule has 0 radical (unpaired) electrons. The largest absolute Gasteiger partial charge is 0.488 e. The number of ether oxygens (including phenoxy) is 1. The minimum Gasteiger partial charge on any atom is -0.488 e. The summed E-state index contributed by atoms with van der Waals surface area (Å²) in [7, 11) is 3.97. The van der Waals surface area contributed by atoms with Crippen molar-refractivity contribution in [1.82, 2.24) is 19.4 Å². The zero-order valence-corrected chi connectivity index (χ0v) is 25.7. The molecule has 3 aromatic heterocycles. The van der Waals surface area contributed by atoms with E-state index in [1.54, 1.807) is 6.07 Å². The Morgan fingerprint density at radius 3 is 2.64 bits per heavy atom. The van der Waals surface area contributed by atoms with Gasteiger partial charge in [-0.25, -0.2) is 9.37 Å². The van der Waals surface area contributed by atoms with Gasteiger partial charge in [-0.1, -0.05) is 0 Å². The quantitative estimate of drug-likeness (QED) is 0.266. The third-order valence-corrected chi connectivity index (χ3v) is 8.64. The summed E-state index contributed by atoms with van der Waals surface area (Å²) >= 11 is 0. The Balaban J connectivity index is 1.35. The van der Waals surface area contributed by atoms with Crippen LogP contribution in [0, 0.1) is 12.7 Å². The van der Waals surface area contributed by atoms with E-state index >= 15 is 4.39 Å². The Morgan fingerprint density at radius 1 is 1.09 bits per heavy atom. The normalized spacial score (nSPS) is 17.0. The molecule has 1 aromatic carbocycles. The highest BCUT2D eigenvalue weighted by atomic mass is 19.1. The lowest BCUT2D eigenvalue weighted by atomic mass is 10.0. The Kier molecular flexibility index (Phi) is 8.81. The molecule has 9 nitrogen and oxygen atoms in total. The first-order valence-corrected chi connectivity index (χ1v) is 15.5. The number of halogens is 1. The summed E-state index contributed by atoms with van der Waals surface area (Å²) in [6.07, 6.45) is 9.82. The van der Waals surface area contributed by atoms with Crippen molar-refractivity contribution in [2.45, 2.75) is 57.8 Å². The average Bonchev–Trinajstić information content (AvgIpc) is 3.87. The summed E-state index contributed by atoms with van der Waals surface area (Å²) in [5, 5.41) is 9.53. The molecular formula is C34H41FN6O3. The van der Waals surface area contributed by atoms with Gasteiger partial charge in [0.1, 0.15) is 12.4 Å². The number of aliphatic hydroxyl groups is 1. The average molecular weight is 601 g/mol. The topological polar surface area (TPSA) is 87.0 Å². The molecule has 2 aliphatic rings. The Labute approximate surface area is 257 Å². The van der Waals surface area contributed by atoms with E-state index in [4.69, 9.17) is 4.74 Å². The fourth-order valence-corrected chi connectivity index (χ4v) is 6.23. The first kappa shape index (κ1) is 30.0. The molecule has 2 fully saturated rings. The maximum Gasteiger partial charge on any atom is 0.193 e. The van der Waals surface area contributed by atoms with Crippen LogP contribution in [0.25, 0.3) is 10.9 Å². The first-order chi connectivity index (χ1) is 21.3. The Hall–Kier alpha value is -4.02. The van der Waals surface area contributed by atoms with Crippen molar-refractivity contribution in [3.63, 3.8) is 0 Å². The van der Waals surface area contributed by atoms with Crippen LogP contribution in [0.15, 0.2) is 59.8 Å². The van der Waals surface area contributed by atoms with Gasteiger partial charge in [0, 0.05) is 87.5 Å². The van der Waals surface area contributed by atoms with E-state index in [9.17, 15) is 9.90 Å². The van der Waals surface area contributed by atoms with Crippen molar-refractivity contribution in [1.29, 1.82) is 0 Å². The van der Waals surface area contributed by atoms with Gasteiger partial charge in [-0.05, 0) is 68.5 Å². The highest BCUT2D eigenvalue weighted by Crippen LogP contribution is 2.38. The number of aryl methyl sites for hydroxylation is 1. The van der Waals surface area contributed by atoms with E-state index in [2.05, 4.69) is 36.5 Å². The summed E-state index contributed by atoms with van der Waals surface area (Å²) in [6, 6.07) is 11.7. The van der Waals surface area contributed by atoms with Gasteiger partial charge in [-0.3, -0.25) is 14.7 Å². The lowest BCUT2D eigenvalue weighted by Crippen LogP contribution is -2.48. The number of pyridine rings is 3. The summed E-state index contributed by atoms with van der Waals surface area (Å²) in [4.78, 5) is 29.8. The van der Waals surface area contributed by atoms with Gasteiger partial charge in [0.2, 0.25) is 0 Å². The zero-order chi connectivity index (χ0) is 30.8. The van der Waals surface area contributed by atoms with Gasteiger partial charge < -0.3 is 24.2 Å². The Bertz CT molecular complexity index is 1670. The van der Waals surface area contributed by atoms with Crippen LogP contribution in [0.1, 0.15) is 48.5 Å². The van der Waals surface area contributed by atoms with Crippen LogP contribution >= 0.6 is 0 Å². The second kappa shape index (κ2) is 12.9. The summed E-state index contributed by atoms with van der Waals surface area (Å²) in [6.45, 7) is 4.66. The molecule has 1 saturated heterocycles. The number of hydrogen-bond donors (Lipinski definition) is 1. The molecule has 1 unspecified atom stereocenters. The van der Waals surface area contributed by atoms with Gasteiger partial charge in [0.15, 0.2) is 17.0 Å². The predicted molar refractivity (Wildman–Crippen MR) is 171 cm³/mol. The second-order valence-corrected chi connectivity index (χ2v) is 12.2. The second-order valence-electron chi connectivity index (χ2n) is 12.2. The SMILES string of the molecule is Cc1cc(CN(Cc2cn(C3CC3)c3cc(OCCO)c(F)cc3c2=O)C2CCCN(c3ccc(N(C)C)nc3)C2)ccn1. The van der Waals surface area contributed by atoms with Crippen molar-refractivity contribution >= 4 is 22.4 Å². The monoisotopic (exact) mass is 600 g/mol. The molecule has 44 heavy (non-hydrogen) atoms. The molecule has 232 valence electrons. The molecule has 4 heterocycles. The molecule has 1 N–H and O–H groups in total. The molecule has 0 bridgehead atoms. The van der Waals surface area contributed by atoms with Crippen molar-refractivity contribution in [2.75, 3.05) is 50.2 Å². The van der Waals surface area contributed by atoms with Crippen LogP contribution in [0.4, 0.5) is 15.9 Å². The third-order valence-electron chi connectivity index (χ3n) is 8.64. The van der Waals surface area contributed by atoms with E-state index in [0.29, 0.717) is 29.6 Å². The van der Waals surface area contributed by atoms with Crippen LogP contribution < -0.4 is 20.0 Å². The fourth-order valence-electron chi connectivity index (χ4n) is 6.23. The number of benzene rings is 1. The van der Waals surface area contributed by atoms with Crippen molar-refractivity contribution in [3.8, 4) is 5.75 Å². The number of aliphatic hydroxyl groups excluding tert-OH is 1. The molecule has 1 saturated carbocycles. The molecule has 4 aromatic rings. The van der Waals surface area contributed by atoms with E-state index in [1.165, 1.54) is 6.07 Å². The number of aromatic nitrogens is 3. The molecule has 0 amide bonds. The van der Waals surface area contributed by atoms with E-state index in [-0.39, 0.29) is 36.5 Å². The van der Waals surface area contributed by atoms with Crippen LogP contribution in [0.2, 0.25) is 0 Å². The zero-order valence-electron chi connectivity index (χ0n) is 25.7. The van der Waals surface area contributed by atoms with Gasteiger partial charge >= 0.3 is 0 Å². The lowest BCUT2D eigenvalue weighted by molar-refractivity contribution is 0.158. The van der Waals surface area contributed by atoms with Gasteiger partial charge in [-0.2, -0.15) is 0 Å². The summed E-state index contributed by atoms with van der Waals surface area (Å²) < 4.78 is 22.6.